The summed E-state index contributed by atoms with van der Waals surface area (Å²) in [6.07, 6.45) is 2.27. The van der Waals surface area contributed by atoms with E-state index in [1.807, 2.05) is 24.3 Å². The molecular formula is C16H25ClIN3O3S. The Bertz CT molecular complexity index is 692. The van der Waals surface area contributed by atoms with Gasteiger partial charge in [0.1, 0.15) is 0 Å². The molecule has 0 aliphatic carbocycles. The van der Waals surface area contributed by atoms with Crippen LogP contribution < -0.4 is 10.6 Å². The van der Waals surface area contributed by atoms with Crippen molar-refractivity contribution in [1.29, 1.82) is 0 Å². The highest BCUT2D eigenvalue weighted by molar-refractivity contribution is 14.0. The number of halogens is 2. The molecule has 0 spiro atoms. The lowest BCUT2D eigenvalue weighted by molar-refractivity contribution is 0.0756. The maximum Gasteiger partial charge on any atom is 0.191 e. The number of guanidine groups is 1. The first-order chi connectivity index (χ1) is 11.4. The van der Waals surface area contributed by atoms with Crippen LogP contribution in [-0.2, 0) is 21.1 Å². The van der Waals surface area contributed by atoms with Crippen LogP contribution in [0.4, 0.5) is 0 Å². The fourth-order valence-corrected chi connectivity index (χ4v) is 4.18. The number of hydrogen-bond donors (Lipinski definition) is 2. The van der Waals surface area contributed by atoms with Gasteiger partial charge in [-0.15, -0.1) is 24.0 Å². The first-order valence-electron chi connectivity index (χ1n) is 7.83. The minimum absolute atomic E-state index is 0. The van der Waals surface area contributed by atoms with E-state index in [-0.39, 0.29) is 24.0 Å². The lowest BCUT2D eigenvalue weighted by Crippen LogP contribution is -2.53. The van der Waals surface area contributed by atoms with Gasteiger partial charge in [0, 0.05) is 44.6 Å². The number of hydrogen-bond acceptors (Lipinski definition) is 4. The van der Waals surface area contributed by atoms with Gasteiger partial charge in [0.25, 0.3) is 0 Å². The Balaban J connectivity index is 0.00000312. The van der Waals surface area contributed by atoms with Crippen LogP contribution in [0.15, 0.2) is 29.3 Å². The van der Waals surface area contributed by atoms with Crippen LogP contribution in [0, 0.1) is 0 Å². The maximum absolute atomic E-state index is 12.3. The van der Waals surface area contributed by atoms with E-state index in [0.29, 0.717) is 50.1 Å². The molecule has 6 nitrogen and oxygen atoms in total. The van der Waals surface area contributed by atoms with Gasteiger partial charge in [-0.1, -0.05) is 23.7 Å². The molecule has 9 heteroatoms. The highest BCUT2D eigenvalue weighted by atomic mass is 127. The number of nitrogens with zero attached hydrogens (tertiary/aromatic N) is 1. The summed E-state index contributed by atoms with van der Waals surface area (Å²) in [6.45, 7) is 1.78. The molecule has 1 aliphatic rings. The van der Waals surface area contributed by atoms with E-state index in [0.717, 1.165) is 5.56 Å². The lowest BCUT2D eigenvalue weighted by atomic mass is 9.99. The van der Waals surface area contributed by atoms with Crippen LogP contribution in [-0.4, -0.2) is 52.2 Å². The van der Waals surface area contributed by atoms with E-state index < -0.39 is 14.6 Å². The van der Waals surface area contributed by atoms with Crippen molar-refractivity contribution in [3.05, 3.63) is 34.9 Å². The second kappa shape index (κ2) is 9.94. The van der Waals surface area contributed by atoms with Crippen molar-refractivity contribution < 1.29 is 13.2 Å². The van der Waals surface area contributed by atoms with E-state index in [1.54, 1.807) is 7.05 Å². The van der Waals surface area contributed by atoms with E-state index in [2.05, 4.69) is 15.6 Å². The monoisotopic (exact) mass is 501 g/mol. The molecule has 2 N–H and O–H groups in total. The summed E-state index contributed by atoms with van der Waals surface area (Å²) in [5, 5.41) is 6.99. The summed E-state index contributed by atoms with van der Waals surface area (Å²) in [6, 6.07) is 7.54. The molecule has 2 rings (SSSR count). The minimum Gasteiger partial charge on any atom is -0.381 e. The molecule has 1 fully saturated rings. The van der Waals surface area contributed by atoms with E-state index in [9.17, 15) is 8.42 Å². The quantitative estimate of drug-likeness (QED) is 0.367. The average molecular weight is 502 g/mol. The summed E-state index contributed by atoms with van der Waals surface area (Å²) >= 11 is 5.97. The zero-order chi connectivity index (χ0) is 17.6. The van der Waals surface area contributed by atoms with Crippen LogP contribution in [0.5, 0.6) is 0 Å². The van der Waals surface area contributed by atoms with E-state index >= 15 is 0 Å². The van der Waals surface area contributed by atoms with Crippen LogP contribution in [0.25, 0.3) is 0 Å². The average Bonchev–Trinajstić information content (AvgIpc) is 2.55. The fraction of sp³-hybridized carbons (Fsp3) is 0.562. The molecule has 0 aromatic heterocycles. The van der Waals surface area contributed by atoms with Crippen molar-refractivity contribution in [2.24, 2.45) is 4.99 Å². The Morgan fingerprint density at radius 3 is 2.56 bits per heavy atom. The smallest absolute Gasteiger partial charge is 0.191 e. The largest absolute Gasteiger partial charge is 0.381 e. The Hall–Kier alpha value is -0.580. The van der Waals surface area contributed by atoms with Gasteiger partial charge in [0.05, 0.1) is 4.75 Å². The highest BCUT2D eigenvalue weighted by Crippen LogP contribution is 2.28. The van der Waals surface area contributed by atoms with Gasteiger partial charge in [0.2, 0.25) is 0 Å². The van der Waals surface area contributed by atoms with Crippen molar-refractivity contribution in [2.45, 2.75) is 24.1 Å². The molecule has 1 aromatic carbocycles. The molecule has 142 valence electrons. The van der Waals surface area contributed by atoms with Gasteiger partial charge in [-0.3, -0.25) is 4.99 Å². The summed E-state index contributed by atoms with van der Waals surface area (Å²) in [7, 11) is -1.55. The molecule has 0 amide bonds. The second-order valence-electron chi connectivity index (χ2n) is 5.98. The Kier molecular flexibility index (Phi) is 8.93. The number of nitrogens with one attached hydrogen (secondary N) is 2. The van der Waals surface area contributed by atoms with Crippen LogP contribution >= 0.6 is 35.6 Å². The number of sulfone groups is 1. The second-order valence-corrected chi connectivity index (χ2v) is 8.82. The minimum atomic E-state index is -3.21. The number of rotatable bonds is 5. The van der Waals surface area contributed by atoms with Crippen LogP contribution in [0.3, 0.4) is 0 Å². The molecule has 1 aromatic rings. The third-order valence-electron chi connectivity index (χ3n) is 4.34. The summed E-state index contributed by atoms with van der Waals surface area (Å²) < 4.78 is 29.0. The Morgan fingerprint density at radius 1 is 1.32 bits per heavy atom. The Labute approximate surface area is 171 Å². The summed E-state index contributed by atoms with van der Waals surface area (Å²) in [5.74, 6) is 0.560. The molecule has 1 aliphatic heterocycles. The number of ether oxygens (including phenoxy) is 1. The van der Waals surface area contributed by atoms with Crippen molar-refractivity contribution in [1.82, 2.24) is 10.6 Å². The van der Waals surface area contributed by atoms with Gasteiger partial charge < -0.3 is 15.4 Å². The Morgan fingerprint density at radius 2 is 2.00 bits per heavy atom. The normalized spacial score (nSPS) is 17.5. The fourth-order valence-electron chi connectivity index (χ4n) is 2.72. The van der Waals surface area contributed by atoms with Crippen molar-refractivity contribution in [2.75, 3.05) is 33.1 Å². The van der Waals surface area contributed by atoms with Crippen molar-refractivity contribution >= 4 is 51.4 Å². The number of benzene rings is 1. The van der Waals surface area contributed by atoms with Crippen LogP contribution in [0.2, 0.25) is 5.02 Å². The molecule has 1 heterocycles. The van der Waals surface area contributed by atoms with Crippen molar-refractivity contribution in [3.63, 3.8) is 0 Å². The highest BCUT2D eigenvalue weighted by Gasteiger charge is 2.42. The van der Waals surface area contributed by atoms with Gasteiger partial charge >= 0.3 is 0 Å². The van der Waals surface area contributed by atoms with Gasteiger partial charge in [0.15, 0.2) is 15.8 Å². The molecular weight excluding hydrogens is 477 g/mol. The number of aliphatic imine (C=N–C) groups is 1. The van der Waals surface area contributed by atoms with Crippen LogP contribution in [0.1, 0.15) is 18.4 Å². The first kappa shape index (κ1) is 22.5. The standard InChI is InChI=1S/C16H24ClN3O3S.HI/c1-18-15(19-11-13-4-3-5-14(17)10-13)20-12-16(24(2,21)22)6-8-23-9-7-16;/h3-5,10H,6-9,11-12H2,1-2H3,(H2,18,19,20);1H. The zero-order valence-electron chi connectivity index (χ0n) is 14.4. The van der Waals surface area contributed by atoms with E-state index in [4.69, 9.17) is 16.3 Å². The predicted molar refractivity (Wildman–Crippen MR) is 113 cm³/mol. The molecule has 0 radical (unpaired) electrons. The van der Waals surface area contributed by atoms with Gasteiger partial charge in [-0.05, 0) is 30.5 Å². The molecule has 0 unspecified atom stereocenters. The predicted octanol–water partition coefficient (Wildman–Crippen LogP) is 2.22. The molecule has 0 atom stereocenters. The van der Waals surface area contributed by atoms with E-state index in [1.165, 1.54) is 6.26 Å². The first-order valence-corrected chi connectivity index (χ1v) is 10.1. The zero-order valence-corrected chi connectivity index (χ0v) is 18.3. The third-order valence-corrected chi connectivity index (χ3v) is 6.70. The molecule has 25 heavy (non-hydrogen) atoms. The lowest BCUT2D eigenvalue weighted by Gasteiger charge is -2.35. The summed E-state index contributed by atoms with van der Waals surface area (Å²) in [5.41, 5.74) is 1.02. The molecule has 0 saturated carbocycles. The third kappa shape index (κ3) is 6.26. The molecule has 1 saturated heterocycles. The maximum atomic E-state index is 12.3. The SMILES string of the molecule is CN=C(NCc1cccc(Cl)c1)NCC1(S(C)(=O)=O)CCOCC1.I. The molecule has 0 bridgehead atoms. The summed E-state index contributed by atoms with van der Waals surface area (Å²) in [4.78, 5) is 4.16. The van der Waals surface area contributed by atoms with Gasteiger partial charge in [-0.25, -0.2) is 8.42 Å². The van der Waals surface area contributed by atoms with Crippen molar-refractivity contribution in [3.8, 4) is 0 Å². The topological polar surface area (TPSA) is 79.8 Å². The van der Waals surface area contributed by atoms with Gasteiger partial charge in [-0.2, -0.15) is 0 Å².